The van der Waals surface area contributed by atoms with Gasteiger partial charge in [0.2, 0.25) is 10.0 Å². The SMILES string of the molecule is O=S(=O)(c1ccccc1Cl)N1CC(COc2cccnc2)C1. The number of nitrogens with zero attached hydrogens (tertiary/aromatic N) is 2. The highest BCUT2D eigenvalue weighted by molar-refractivity contribution is 7.89. The molecule has 2 aromatic rings. The average molecular weight is 339 g/mol. The van der Waals surface area contributed by atoms with E-state index >= 15 is 0 Å². The molecule has 1 saturated heterocycles. The number of halogens is 1. The maximum atomic E-state index is 12.4. The van der Waals surface area contributed by atoms with Crippen LogP contribution in [0.4, 0.5) is 0 Å². The minimum absolute atomic E-state index is 0.156. The molecule has 116 valence electrons. The van der Waals surface area contributed by atoms with Gasteiger partial charge < -0.3 is 4.74 Å². The van der Waals surface area contributed by atoms with Gasteiger partial charge in [-0.3, -0.25) is 4.98 Å². The van der Waals surface area contributed by atoms with Crippen LogP contribution in [-0.2, 0) is 10.0 Å². The molecule has 0 amide bonds. The van der Waals surface area contributed by atoms with Gasteiger partial charge in [0.1, 0.15) is 10.6 Å². The van der Waals surface area contributed by atoms with Crippen LogP contribution in [0.3, 0.4) is 0 Å². The molecule has 1 aromatic carbocycles. The third-order valence-corrected chi connectivity index (χ3v) is 5.83. The molecule has 0 bridgehead atoms. The van der Waals surface area contributed by atoms with Gasteiger partial charge >= 0.3 is 0 Å². The van der Waals surface area contributed by atoms with Crippen molar-refractivity contribution >= 4 is 21.6 Å². The molecule has 7 heteroatoms. The largest absolute Gasteiger partial charge is 0.492 e. The van der Waals surface area contributed by atoms with Gasteiger partial charge in [-0.1, -0.05) is 23.7 Å². The van der Waals surface area contributed by atoms with Crippen molar-refractivity contribution in [1.29, 1.82) is 0 Å². The van der Waals surface area contributed by atoms with Crippen LogP contribution in [0, 0.1) is 5.92 Å². The molecule has 1 fully saturated rings. The van der Waals surface area contributed by atoms with Crippen molar-refractivity contribution in [3.05, 3.63) is 53.8 Å². The molecule has 1 aliphatic rings. The highest BCUT2D eigenvalue weighted by atomic mass is 35.5. The Morgan fingerprint density at radius 2 is 2.00 bits per heavy atom. The molecular weight excluding hydrogens is 324 g/mol. The first-order valence-electron chi connectivity index (χ1n) is 6.85. The summed E-state index contributed by atoms with van der Waals surface area (Å²) in [5, 5.41) is 0.248. The number of aromatic nitrogens is 1. The summed E-state index contributed by atoms with van der Waals surface area (Å²) in [6, 6.07) is 10.1. The maximum Gasteiger partial charge on any atom is 0.244 e. The Bertz CT molecular complexity index is 746. The molecule has 0 unspecified atom stereocenters. The summed E-state index contributed by atoms with van der Waals surface area (Å²) in [5.41, 5.74) is 0. The molecule has 22 heavy (non-hydrogen) atoms. The average Bonchev–Trinajstić information content (AvgIpc) is 2.46. The highest BCUT2D eigenvalue weighted by Crippen LogP contribution is 2.29. The Hall–Kier alpha value is -1.63. The molecular formula is C15H15ClN2O3S. The van der Waals surface area contributed by atoms with E-state index in [2.05, 4.69) is 4.98 Å². The third-order valence-electron chi connectivity index (χ3n) is 3.50. The molecule has 0 spiro atoms. The van der Waals surface area contributed by atoms with Crippen LogP contribution in [0.15, 0.2) is 53.7 Å². The van der Waals surface area contributed by atoms with Crippen molar-refractivity contribution < 1.29 is 13.2 Å². The monoisotopic (exact) mass is 338 g/mol. The summed E-state index contributed by atoms with van der Waals surface area (Å²) in [6.45, 7) is 1.35. The first-order chi connectivity index (χ1) is 10.6. The zero-order valence-electron chi connectivity index (χ0n) is 11.7. The third kappa shape index (κ3) is 3.09. The van der Waals surface area contributed by atoms with E-state index < -0.39 is 10.0 Å². The van der Waals surface area contributed by atoms with Gasteiger partial charge in [-0.25, -0.2) is 8.42 Å². The molecule has 1 aliphatic heterocycles. The summed E-state index contributed by atoms with van der Waals surface area (Å²) in [5.74, 6) is 0.868. The van der Waals surface area contributed by atoms with Crippen molar-refractivity contribution in [2.75, 3.05) is 19.7 Å². The molecule has 0 atom stereocenters. The normalized spacial score (nSPS) is 16.2. The van der Waals surface area contributed by atoms with Gasteiger partial charge in [0.25, 0.3) is 0 Å². The van der Waals surface area contributed by atoms with Gasteiger partial charge in [0.15, 0.2) is 0 Å². The Morgan fingerprint density at radius 1 is 1.23 bits per heavy atom. The molecule has 2 heterocycles. The van der Waals surface area contributed by atoms with E-state index in [0.29, 0.717) is 25.4 Å². The van der Waals surface area contributed by atoms with E-state index in [1.165, 1.54) is 10.4 Å². The maximum absolute atomic E-state index is 12.4. The number of pyridine rings is 1. The van der Waals surface area contributed by atoms with Crippen LogP contribution >= 0.6 is 11.6 Å². The van der Waals surface area contributed by atoms with E-state index in [1.807, 2.05) is 6.07 Å². The molecule has 0 aliphatic carbocycles. The summed E-state index contributed by atoms with van der Waals surface area (Å²) in [7, 11) is -3.52. The molecule has 0 N–H and O–H groups in total. The first-order valence-corrected chi connectivity index (χ1v) is 8.66. The van der Waals surface area contributed by atoms with Gasteiger partial charge in [0.05, 0.1) is 17.8 Å². The molecule has 0 saturated carbocycles. The highest BCUT2D eigenvalue weighted by Gasteiger charge is 2.37. The Morgan fingerprint density at radius 3 is 2.68 bits per heavy atom. The number of ether oxygens (including phenoxy) is 1. The summed E-state index contributed by atoms with van der Waals surface area (Å²) in [6.07, 6.45) is 3.31. The fourth-order valence-corrected chi connectivity index (χ4v) is 4.35. The second-order valence-corrected chi connectivity index (χ2v) is 7.43. The first kappa shape index (κ1) is 15.3. The van der Waals surface area contributed by atoms with Crippen molar-refractivity contribution in [3.8, 4) is 5.75 Å². The summed E-state index contributed by atoms with van der Waals surface area (Å²) >= 11 is 5.97. The van der Waals surface area contributed by atoms with Crippen molar-refractivity contribution in [3.63, 3.8) is 0 Å². The van der Waals surface area contributed by atoms with Crippen molar-refractivity contribution in [2.45, 2.75) is 4.90 Å². The van der Waals surface area contributed by atoms with E-state index in [4.69, 9.17) is 16.3 Å². The lowest BCUT2D eigenvalue weighted by atomic mass is 10.1. The van der Waals surface area contributed by atoms with E-state index in [0.717, 1.165) is 0 Å². The molecule has 0 radical (unpaired) electrons. The minimum Gasteiger partial charge on any atom is -0.492 e. The number of hydrogen-bond acceptors (Lipinski definition) is 4. The second-order valence-electron chi connectivity index (χ2n) is 5.12. The Kier molecular flexibility index (Phi) is 4.33. The van der Waals surface area contributed by atoms with Crippen LogP contribution in [0.25, 0.3) is 0 Å². The fourth-order valence-electron chi connectivity index (χ4n) is 2.26. The topological polar surface area (TPSA) is 59.5 Å². The van der Waals surface area contributed by atoms with Crippen LogP contribution in [0.2, 0.25) is 5.02 Å². The number of rotatable bonds is 5. The summed E-state index contributed by atoms with van der Waals surface area (Å²) < 4.78 is 31.9. The van der Waals surface area contributed by atoms with Gasteiger partial charge in [-0.05, 0) is 24.3 Å². The van der Waals surface area contributed by atoms with Gasteiger partial charge in [-0.2, -0.15) is 4.31 Å². The van der Waals surface area contributed by atoms with Crippen molar-refractivity contribution in [1.82, 2.24) is 9.29 Å². The fraction of sp³-hybridized carbons (Fsp3) is 0.267. The predicted octanol–water partition coefficient (Wildman–Crippen LogP) is 2.43. The van der Waals surface area contributed by atoms with Crippen LogP contribution in [-0.4, -0.2) is 37.4 Å². The smallest absolute Gasteiger partial charge is 0.244 e. The number of sulfonamides is 1. The van der Waals surface area contributed by atoms with E-state index in [9.17, 15) is 8.42 Å². The summed E-state index contributed by atoms with van der Waals surface area (Å²) in [4.78, 5) is 4.12. The minimum atomic E-state index is -3.52. The quantitative estimate of drug-likeness (QED) is 0.840. The number of hydrogen-bond donors (Lipinski definition) is 0. The second kappa shape index (κ2) is 6.24. The van der Waals surface area contributed by atoms with Crippen LogP contribution < -0.4 is 4.74 Å². The van der Waals surface area contributed by atoms with Crippen LogP contribution in [0.5, 0.6) is 5.75 Å². The van der Waals surface area contributed by atoms with E-state index in [-0.39, 0.29) is 15.8 Å². The van der Waals surface area contributed by atoms with Gasteiger partial charge in [0, 0.05) is 25.2 Å². The zero-order chi connectivity index (χ0) is 15.6. The standard InChI is InChI=1S/C15H15ClN2O3S/c16-14-5-1-2-6-15(14)22(19,20)18-9-12(10-18)11-21-13-4-3-7-17-8-13/h1-8,12H,9-11H2. The molecule has 3 rings (SSSR count). The van der Waals surface area contributed by atoms with Gasteiger partial charge in [-0.15, -0.1) is 0 Å². The lowest BCUT2D eigenvalue weighted by Gasteiger charge is -2.37. The lowest BCUT2D eigenvalue weighted by molar-refractivity contribution is 0.129. The molecule has 1 aromatic heterocycles. The zero-order valence-corrected chi connectivity index (χ0v) is 13.3. The lowest BCUT2D eigenvalue weighted by Crippen LogP contribution is -2.51. The van der Waals surface area contributed by atoms with E-state index in [1.54, 1.807) is 36.7 Å². The van der Waals surface area contributed by atoms with Crippen LogP contribution in [0.1, 0.15) is 0 Å². The predicted molar refractivity (Wildman–Crippen MR) is 83.4 cm³/mol. The Labute approximate surface area is 134 Å². The Balaban J connectivity index is 1.58. The van der Waals surface area contributed by atoms with Crippen molar-refractivity contribution in [2.24, 2.45) is 5.92 Å². The number of benzene rings is 1. The molecule has 5 nitrogen and oxygen atoms in total.